The van der Waals surface area contributed by atoms with E-state index in [1.165, 1.54) is 64.2 Å². The molecule has 0 N–H and O–H groups in total. The van der Waals surface area contributed by atoms with Gasteiger partial charge in [0.05, 0.1) is 6.61 Å². The van der Waals surface area contributed by atoms with Crippen LogP contribution in [0.3, 0.4) is 0 Å². The molecule has 0 radical (unpaired) electrons. The Morgan fingerprint density at radius 3 is 2.28 bits per heavy atom. The van der Waals surface area contributed by atoms with Crippen LogP contribution in [0.2, 0.25) is 0 Å². The largest absolute Gasteiger partial charge is 0.494 e. The van der Waals surface area contributed by atoms with Crippen LogP contribution < -0.4 is 4.74 Å². The molecule has 0 bridgehead atoms. The normalized spacial score (nSPS) is 18.6. The van der Waals surface area contributed by atoms with Crippen LogP contribution in [0.1, 0.15) is 90.0 Å². The molecular formula is C28H38O. The van der Waals surface area contributed by atoms with E-state index >= 15 is 0 Å². The first-order chi connectivity index (χ1) is 14.3. The van der Waals surface area contributed by atoms with Gasteiger partial charge in [0.25, 0.3) is 0 Å². The third-order valence-corrected chi connectivity index (χ3v) is 5.69. The fourth-order valence-electron chi connectivity index (χ4n) is 3.83. The minimum Gasteiger partial charge on any atom is -0.494 e. The van der Waals surface area contributed by atoms with Crippen molar-refractivity contribution in [2.75, 3.05) is 6.61 Å². The van der Waals surface area contributed by atoms with Crippen molar-refractivity contribution in [3.8, 4) is 29.4 Å². The van der Waals surface area contributed by atoms with Crippen LogP contribution in [0.4, 0.5) is 0 Å². The standard InChI is InChI=1S/C28H38O/c1-3-5-9-13-25-16-18-26(19-17-25)14-10-7-8-11-15-27-20-22-28(23-21-27)29-24-12-6-4-2/h7-8,20-23,25-26H,3-6,9,12-13,16-19,24H2,1-2H3. The van der Waals surface area contributed by atoms with Crippen LogP contribution >= 0.6 is 0 Å². The predicted octanol–water partition coefficient (Wildman–Crippen LogP) is 7.55. The molecule has 0 atom stereocenters. The zero-order valence-electron chi connectivity index (χ0n) is 18.5. The van der Waals surface area contributed by atoms with Gasteiger partial charge in [0, 0.05) is 11.5 Å². The Labute approximate surface area is 179 Å². The van der Waals surface area contributed by atoms with Gasteiger partial charge in [0.1, 0.15) is 5.75 Å². The maximum absolute atomic E-state index is 5.73. The average molecular weight is 391 g/mol. The zero-order chi connectivity index (χ0) is 20.6. The van der Waals surface area contributed by atoms with Crippen molar-refractivity contribution in [2.24, 2.45) is 11.8 Å². The molecule has 1 aromatic carbocycles. The summed E-state index contributed by atoms with van der Waals surface area (Å²) >= 11 is 0. The Bertz CT molecular complexity index is 697. The quantitative estimate of drug-likeness (QED) is 0.312. The molecule has 0 amide bonds. The summed E-state index contributed by atoms with van der Waals surface area (Å²) < 4.78 is 5.73. The van der Waals surface area contributed by atoms with Crippen LogP contribution in [-0.4, -0.2) is 6.61 Å². The second-order valence-electron chi connectivity index (χ2n) is 8.18. The van der Waals surface area contributed by atoms with Crippen molar-refractivity contribution >= 4 is 0 Å². The molecule has 1 aromatic rings. The highest BCUT2D eigenvalue weighted by Crippen LogP contribution is 2.31. The lowest BCUT2D eigenvalue weighted by atomic mass is 9.80. The van der Waals surface area contributed by atoms with Crippen molar-refractivity contribution in [3.63, 3.8) is 0 Å². The van der Waals surface area contributed by atoms with Gasteiger partial charge in [0.15, 0.2) is 0 Å². The van der Waals surface area contributed by atoms with Crippen LogP contribution in [-0.2, 0) is 0 Å². The molecule has 156 valence electrons. The van der Waals surface area contributed by atoms with Gasteiger partial charge in [-0.2, -0.15) is 0 Å². The van der Waals surface area contributed by atoms with E-state index in [9.17, 15) is 0 Å². The lowest BCUT2D eigenvalue weighted by Crippen LogP contribution is -2.13. The minimum atomic E-state index is 0.583. The minimum absolute atomic E-state index is 0.583. The van der Waals surface area contributed by atoms with Crippen molar-refractivity contribution in [1.29, 1.82) is 0 Å². The highest BCUT2D eigenvalue weighted by atomic mass is 16.5. The number of rotatable bonds is 9. The lowest BCUT2D eigenvalue weighted by molar-refractivity contribution is 0.294. The van der Waals surface area contributed by atoms with Crippen LogP contribution in [0.25, 0.3) is 0 Å². The Balaban J connectivity index is 1.67. The van der Waals surface area contributed by atoms with Gasteiger partial charge in [-0.3, -0.25) is 0 Å². The third kappa shape index (κ3) is 10.3. The SMILES string of the molecule is CCCCCOc1ccc(C#CC=CC#CC2CCC(CCCCC)CC2)cc1. The van der Waals surface area contributed by atoms with Crippen molar-refractivity contribution in [1.82, 2.24) is 0 Å². The van der Waals surface area contributed by atoms with Crippen LogP contribution in [0.15, 0.2) is 36.4 Å². The van der Waals surface area contributed by atoms with Gasteiger partial charge in [-0.05, 0) is 74.4 Å². The second kappa shape index (κ2) is 14.8. The van der Waals surface area contributed by atoms with Crippen LogP contribution in [0, 0.1) is 35.5 Å². The third-order valence-electron chi connectivity index (χ3n) is 5.69. The Hall–Kier alpha value is -2.12. The van der Waals surface area contributed by atoms with E-state index in [0.717, 1.165) is 30.3 Å². The van der Waals surface area contributed by atoms with Crippen molar-refractivity contribution in [3.05, 3.63) is 42.0 Å². The topological polar surface area (TPSA) is 9.23 Å². The summed E-state index contributed by atoms with van der Waals surface area (Å²) in [4.78, 5) is 0. The van der Waals surface area contributed by atoms with Crippen molar-refractivity contribution < 1.29 is 4.74 Å². The van der Waals surface area contributed by atoms with Crippen LogP contribution in [0.5, 0.6) is 5.75 Å². The number of hydrogen-bond donors (Lipinski definition) is 0. The summed E-state index contributed by atoms with van der Waals surface area (Å²) in [5.74, 6) is 15.3. The van der Waals surface area contributed by atoms with Gasteiger partial charge >= 0.3 is 0 Å². The summed E-state index contributed by atoms with van der Waals surface area (Å²) in [6.45, 7) is 5.28. The fraction of sp³-hybridized carbons (Fsp3) is 0.571. The van der Waals surface area contributed by atoms with E-state index in [1.54, 1.807) is 0 Å². The first-order valence-electron chi connectivity index (χ1n) is 11.7. The van der Waals surface area contributed by atoms with E-state index < -0.39 is 0 Å². The van der Waals surface area contributed by atoms with E-state index in [1.807, 2.05) is 36.4 Å². The zero-order valence-corrected chi connectivity index (χ0v) is 18.5. The molecule has 0 aromatic heterocycles. The van der Waals surface area contributed by atoms with Gasteiger partial charge in [-0.15, -0.1) is 0 Å². The fourth-order valence-corrected chi connectivity index (χ4v) is 3.83. The molecule has 1 heteroatoms. The number of benzene rings is 1. The molecule has 2 rings (SSSR count). The van der Waals surface area contributed by atoms with E-state index in [2.05, 4.69) is 37.5 Å². The summed E-state index contributed by atoms with van der Waals surface area (Å²) in [5.41, 5.74) is 1.00. The number of ether oxygens (including phenoxy) is 1. The number of hydrogen-bond acceptors (Lipinski definition) is 1. The van der Waals surface area contributed by atoms with Crippen molar-refractivity contribution in [2.45, 2.75) is 84.5 Å². The first kappa shape index (κ1) is 23.2. The highest BCUT2D eigenvalue weighted by molar-refractivity contribution is 5.40. The van der Waals surface area contributed by atoms with E-state index in [-0.39, 0.29) is 0 Å². The molecule has 0 aliphatic heterocycles. The molecule has 29 heavy (non-hydrogen) atoms. The molecular weight excluding hydrogens is 352 g/mol. The maximum Gasteiger partial charge on any atom is 0.119 e. The van der Waals surface area contributed by atoms with Gasteiger partial charge < -0.3 is 4.74 Å². The highest BCUT2D eigenvalue weighted by Gasteiger charge is 2.19. The molecule has 1 fully saturated rings. The molecule has 0 saturated heterocycles. The molecule has 1 aliphatic carbocycles. The van der Waals surface area contributed by atoms with Gasteiger partial charge in [-0.1, -0.05) is 76.1 Å². The van der Waals surface area contributed by atoms with Gasteiger partial charge in [0.2, 0.25) is 0 Å². The maximum atomic E-state index is 5.73. The number of unbranched alkanes of at least 4 members (excludes halogenated alkanes) is 4. The summed E-state index contributed by atoms with van der Waals surface area (Å²) in [6.07, 6.45) is 18.1. The second-order valence-corrected chi connectivity index (χ2v) is 8.18. The molecule has 0 heterocycles. The molecule has 0 unspecified atom stereocenters. The lowest BCUT2D eigenvalue weighted by Gasteiger charge is -2.25. The van der Waals surface area contributed by atoms with E-state index in [0.29, 0.717) is 5.92 Å². The predicted molar refractivity (Wildman–Crippen MR) is 125 cm³/mol. The molecule has 0 spiro atoms. The smallest absolute Gasteiger partial charge is 0.119 e. The Morgan fingerprint density at radius 1 is 0.862 bits per heavy atom. The molecule has 1 saturated carbocycles. The monoisotopic (exact) mass is 390 g/mol. The Morgan fingerprint density at radius 2 is 1.55 bits per heavy atom. The van der Waals surface area contributed by atoms with Gasteiger partial charge in [-0.25, -0.2) is 0 Å². The summed E-state index contributed by atoms with van der Waals surface area (Å²) in [7, 11) is 0. The van der Waals surface area contributed by atoms with E-state index in [4.69, 9.17) is 4.74 Å². The number of allylic oxidation sites excluding steroid dienone is 2. The molecule has 1 nitrogen and oxygen atoms in total. The summed E-state index contributed by atoms with van der Waals surface area (Å²) in [6, 6.07) is 8.03. The first-order valence-corrected chi connectivity index (χ1v) is 11.7. The summed E-state index contributed by atoms with van der Waals surface area (Å²) in [5, 5.41) is 0. The Kier molecular flexibility index (Phi) is 11.8. The average Bonchev–Trinajstić information content (AvgIpc) is 2.76. The molecule has 1 aliphatic rings.